The molecule has 1 aromatic heterocycles. The summed E-state index contributed by atoms with van der Waals surface area (Å²) in [7, 11) is 0. The van der Waals surface area contributed by atoms with E-state index >= 15 is 0 Å². The Labute approximate surface area is 186 Å². The highest BCUT2D eigenvalue weighted by Gasteiger charge is 2.22. The minimum absolute atomic E-state index is 0.206. The number of hydrogen-bond donors (Lipinski definition) is 0. The molecule has 0 amide bonds. The van der Waals surface area contributed by atoms with Crippen LogP contribution in [0.25, 0.3) is 10.9 Å². The third kappa shape index (κ3) is 4.85. The van der Waals surface area contributed by atoms with Crippen molar-refractivity contribution < 1.29 is 4.74 Å². The van der Waals surface area contributed by atoms with E-state index in [4.69, 9.17) is 9.72 Å². The van der Waals surface area contributed by atoms with E-state index in [2.05, 4.69) is 43.5 Å². The highest BCUT2D eigenvalue weighted by molar-refractivity contribution is 9.10. The van der Waals surface area contributed by atoms with E-state index in [-0.39, 0.29) is 11.0 Å². The molecule has 0 unspecified atom stereocenters. The van der Waals surface area contributed by atoms with Crippen LogP contribution in [0.15, 0.2) is 67.9 Å². The topological polar surface area (TPSA) is 56.5 Å². The summed E-state index contributed by atoms with van der Waals surface area (Å²) in [6, 6.07) is 11.1. The van der Waals surface area contributed by atoms with Crippen LogP contribution >= 0.6 is 31.9 Å². The van der Waals surface area contributed by atoms with Crippen LogP contribution in [-0.2, 0) is 5.41 Å². The third-order valence-corrected chi connectivity index (χ3v) is 5.23. The van der Waals surface area contributed by atoms with Crippen LogP contribution in [0.4, 0.5) is 0 Å². The zero-order chi connectivity index (χ0) is 21.2. The van der Waals surface area contributed by atoms with Crippen LogP contribution in [0.1, 0.15) is 32.2 Å². The smallest absolute Gasteiger partial charge is 0.282 e. The van der Waals surface area contributed by atoms with Crippen molar-refractivity contribution in [3.05, 3.63) is 79.7 Å². The molecule has 0 atom stereocenters. The zero-order valence-corrected chi connectivity index (χ0v) is 19.6. The van der Waals surface area contributed by atoms with Crippen LogP contribution in [0.2, 0.25) is 0 Å². The summed E-state index contributed by atoms with van der Waals surface area (Å²) in [5, 5.41) is 4.99. The molecular formula is C22H21Br2N3O2. The molecule has 0 fully saturated rings. The largest absolute Gasteiger partial charge is 0.488 e. The van der Waals surface area contributed by atoms with Gasteiger partial charge in [0.1, 0.15) is 18.2 Å². The molecule has 7 heteroatoms. The van der Waals surface area contributed by atoms with Crippen molar-refractivity contribution in [1.29, 1.82) is 0 Å². The van der Waals surface area contributed by atoms with Crippen molar-refractivity contribution in [2.75, 3.05) is 6.61 Å². The first kappa shape index (κ1) is 21.5. The molecule has 0 bridgehead atoms. The van der Waals surface area contributed by atoms with E-state index in [9.17, 15) is 4.79 Å². The number of ether oxygens (including phenoxy) is 1. The summed E-state index contributed by atoms with van der Waals surface area (Å²) in [5.41, 5.74) is 0.910. The normalized spacial score (nSPS) is 11.9. The van der Waals surface area contributed by atoms with Gasteiger partial charge in [0, 0.05) is 9.89 Å². The van der Waals surface area contributed by atoms with Crippen LogP contribution in [0, 0.1) is 0 Å². The van der Waals surface area contributed by atoms with E-state index in [1.807, 2.05) is 51.1 Å². The van der Waals surface area contributed by atoms with E-state index in [1.165, 1.54) is 4.68 Å². The maximum Gasteiger partial charge on any atom is 0.282 e. The lowest BCUT2D eigenvalue weighted by Crippen LogP contribution is -2.29. The van der Waals surface area contributed by atoms with Gasteiger partial charge < -0.3 is 4.74 Å². The number of benzene rings is 2. The van der Waals surface area contributed by atoms with E-state index in [0.29, 0.717) is 29.1 Å². The second kappa shape index (κ2) is 8.63. The van der Waals surface area contributed by atoms with Crippen molar-refractivity contribution in [2.24, 2.45) is 5.10 Å². The van der Waals surface area contributed by atoms with Gasteiger partial charge in [-0.2, -0.15) is 9.78 Å². The fourth-order valence-electron chi connectivity index (χ4n) is 2.73. The maximum atomic E-state index is 13.2. The molecule has 0 aliphatic heterocycles. The SMILES string of the molecule is C=CCOc1ccc(C=Nn2c(C(C)(C)C)nc3ccc(Br)cc3c2=O)cc1Br. The molecule has 0 radical (unpaired) electrons. The summed E-state index contributed by atoms with van der Waals surface area (Å²) < 4.78 is 8.57. The molecule has 0 aliphatic carbocycles. The van der Waals surface area contributed by atoms with E-state index < -0.39 is 0 Å². The lowest BCUT2D eigenvalue weighted by atomic mass is 9.95. The van der Waals surface area contributed by atoms with Crippen LogP contribution < -0.4 is 10.3 Å². The molecule has 0 saturated heterocycles. The summed E-state index contributed by atoms with van der Waals surface area (Å²) in [4.78, 5) is 17.9. The molecule has 3 aromatic rings. The molecular weight excluding hydrogens is 498 g/mol. The summed E-state index contributed by atoms with van der Waals surface area (Å²) in [6.07, 6.45) is 3.33. The lowest BCUT2D eigenvalue weighted by molar-refractivity contribution is 0.361. The molecule has 0 spiro atoms. The molecule has 2 aromatic carbocycles. The van der Waals surface area contributed by atoms with Gasteiger partial charge in [-0.1, -0.05) is 49.4 Å². The van der Waals surface area contributed by atoms with Gasteiger partial charge in [0.25, 0.3) is 5.56 Å². The highest BCUT2D eigenvalue weighted by atomic mass is 79.9. The quantitative estimate of drug-likeness (QED) is 0.323. The van der Waals surface area contributed by atoms with Crippen LogP contribution in [0.5, 0.6) is 5.75 Å². The standard InChI is InChI=1S/C22H21Br2N3O2/c1-5-10-29-19-9-6-14(11-17(19)24)13-25-27-20(28)16-12-15(23)7-8-18(16)26-21(27)22(2,3)4/h5-9,11-13H,1,10H2,2-4H3. The second-order valence-electron chi connectivity index (χ2n) is 7.50. The van der Waals surface area contributed by atoms with E-state index in [0.717, 1.165) is 14.5 Å². The molecule has 0 N–H and O–H groups in total. The van der Waals surface area contributed by atoms with Crippen molar-refractivity contribution in [3.63, 3.8) is 0 Å². The first-order valence-corrected chi connectivity index (χ1v) is 10.6. The average Bonchev–Trinajstić information content (AvgIpc) is 2.66. The Morgan fingerprint density at radius 1 is 1.21 bits per heavy atom. The van der Waals surface area contributed by atoms with Crippen LogP contribution in [-0.4, -0.2) is 22.5 Å². The second-order valence-corrected chi connectivity index (χ2v) is 9.27. The number of aromatic nitrogens is 2. The average molecular weight is 519 g/mol. The van der Waals surface area contributed by atoms with Gasteiger partial charge in [0.15, 0.2) is 0 Å². The molecule has 0 saturated carbocycles. The first-order valence-electron chi connectivity index (χ1n) is 9.01. The number of hydrogen-bond acceptors (Lipinski definition) is 4. The Morgan fingerprint density at radius 3 is 2.62 bits per heavy atom. The molecule has 150 valence electrons. The fourth-order valence-corrected chi connectivity index (χ4v) is 3.60. The number of nitrogens with zero attached hydrogens (tertiary/aromatic N) is 3. The number of fused-ring (bicyclic) bond motifs is 1. The maximum absolute atomic E-state index is 13.2. The fraction of sp³-hybridized carbons (Fsp3) is 0.227. The minimum atomic E-state index is -0.360. The van der Waals surface area contributed by atoms with E-state index in [1.54, 1.807) is 18.4 Å². The minimum Gasteiger partial charge on any atom is -0.488 e. The van der Waals surface area contributed by atoms with Crippen molar-refractivity contribution in [3.8, 4) is 5.75 Å². The molecule has 5 nitrogen and oxygen atoms in total. The van der Waals surface area contributed by atoms with Gasteiger partial charge in [-0.25, -0.2) is 4.98 Å². The van der Waals surface area contributed by atoms with Crippen molar-refractivity contribution >= 4 is 49.0 Å². The molecule has 1 heterocycles. The third-order valence-electron chi connectivity index (χ3n) is 4.11. The van der Waals surface area contributed by atoms with Crippen LogP contribution in [0.3, 0.4) is 0 Å². The predicted octanol–water partition coefficient (Wildman–Crippen LogP) is 5.67. The van der Waals surface area contributed by atoms with Gasteiger partial charge in [0.05, 0.1) is 21.6 Å². The Bertz CT molecular complexity index is 1160. The van der Waals surface area contributed by atoms with Gasteiger partial charge in [-0.3, -0.25) is 4.79 Å². The monoisotopic (exact) mass is 517 g/mol. The van der Waals surface area contributed by atoms with Gasteiger partial charge in [-0.15, -0.1) is 0 Å². The molecule has 0 aliphatic rings. The highest BCUT2D eigenvalue weighted by Crippen LogP contribution is 2.26. The summed E-state index contributed by atoms with van der Waals surface area (Å²) >= 11 is 6.92. The van der Waals surface area contributed by atoms with Gasteiger partial charge >= 0.3 is 0 Å². The molecule has 3 rings (SSSR count). The summed E-state index contributed by atoms with van der Waals surface area (Å²) in [5.74, 6) is 1.31. The predicted molar refractivity (Wildman–Crippen MR) is 125 cm³/mol. The Hall–Kier alpha value is -2.25. The Balaban J connectivity index is 2.09. The Kier molecular flexibility index (Phi) is 6.39. The first-order chi connectivity index (χ1) is 13.7. The van der Waals surface area contributed by atoms with Crippen molar-refractivity contribution in [1.82, 2.24) is 9.66 Å². The zero-order valence-electron chi connectivity index (χ0n) is 16.4. The van der Waals surface area contributed by atoms with Gasteiger partial charge in [0.2, 0.25) is 0 Å². The number of rotatable bonds is 5. The lowest BCUT2D eigenvalue weighted by Gasteiger charge is -2.20. The Morgan fingerprint density at radius 2 is 1.97 bits per heavy atom. The van der Waals surface area contributed by atoms with Crippen molar-refractivity contribution in [2.45, 2.75) is 26.2 Å². The summed E-state index contributed by atoms with van der Waals surface area (Å²) in [6.45, 7) is 10.1. The van der Waals surface area contributed by atoms with Gasteiger partial charge in [-0.05, 0) is 57.9 Å². The number of halogens is 2. The molecule has 29 heavy (non-hydrogen) atoms.